The van der Waals surface area contributed by atoms with Gasteiger partial charge in [-0.1, -0.05) is 19.4 Å². The van der Waals surface area contributed by atoms with E-state index in [0.29, 0.717) is 18.2 Å². The summed E-state index contributed by atoms with van der Waals surface area (Å²) in [6.45, 7) is 4.88. The van der Waals surface area contributed by atoms with Crippen LogP contribution >= 0.6 is 0 Å². The number of hydrogen-bond acceptors (Lipinski definition) is 8. The maximum atomic E-state index is 14.0. The van der Waals surface area contributed by atoms with Gasteiger partial charge in [-0.25, -0.2) is 13.8 Å². The number of rotatable bonds is 5. The van der Waals surface area contributed by atoms with Gasteiger partial charge in [0.2, 0.25) is 5.79 Å². The molecule has 3 unspecified atom stereocenters. The summed E-state index contributed by atoms with van der Waals surface area (Å²) in [6.07, 6.45) is 10.2. The number of nitrogens with zero attached hydrogens (tertiary/aromatic N) is 1. The number of ether oxygens (including phenoxy) is 6. The molecule has 10 heteroatoms. The highest BCUT2D eigenvalue weighted by molar-refractivity contribution is 6.11. The molecule has 238 valence electrons. The summed E-state index contributed by atoms with van der Waals surface area (Å²) < 4.78 is 64.6. The minimum absolute atomic E-state index is 0.00320. The van der Waals surface area contributed by atoms with Gasteiger partial charge < -0.3 is 34.2 Å². The van der Waals surface area contributed by atoms with Gasteiger partial charge in [0.15, 0.2) is 13.6 Å². The summed E-state index contributed by atoms with van der Waals surface area (Å²) in [5, 5.41) is 0. The van der Waals surface area contributed by atoms with Crippen molar-refractivity contribution in [3.63, 3.8) is 0 Å². The molecule has 0 radical (unpaired) electrons. The van der Waals surface area contributed by atoms with E-state index < -0.39 is 23.9 Å². The first-order valence-electron chi connectivity index (χ1n) is 15.8. The molecule has 8 rings (SSSR count). The summed E-state index contributed by atoms with van der Waals surface area (Å²) in [7, 11) is 1.67. The summed E-state index contributed by atoms with van der Waals surface area (Å²) >= 11 is 0. The van der Waals surface area contributed by atoms with Crippen molar-refractivity contribution < 1.29 is 37.2 Å². The van der Waals surface area contributed by atoms with Gasteiger partial charge in [0.05, 0.1) is 17.5 Å². The van der Waals surface area contributed by atoms with Crippen molar-refractivity contribution in [1.29, 1.82) is 0 Å². The summed E-state index contributed by atoms with van der Waals surface area (Å²) in [5.74, 6) is -1.06. The predicted molar refractivity (Wildman–Crippen MR) is 157 cm³/mol. The van der Waals surface area contributed by atoms with E-state index >= 15 is 0 Å². The number of benzene rings is 1. The Labute approximate surface area is 256 Å². The lowest BCUT2D eigenvalue weighted by atomic mass is 9.44. The van der Waals surface area contributed by atoms with Crippen molar-refractivity contribution in [3.05, 3.63) is 53.0 Å². The van der Waals surface area contributed by atoms with Crippen LogP contribution in [0, 0.1) is 33.4 Å². The molecule has 2 N–H and O–H groups in total. The van der Waals surface area contributed by atoms with Crippen LogP contribution in [-0.4, -0.2) is 57.3 Å². The second-order valence-electron chi connectivity index (χ2n) is 14.5. The van der Waals surface area contributed by atoms with Crippen LogP contribution in [0.15, 0.2) is 46.6 Å². The van der Waals surface area contributed by atoms with E-state index in [-0.39, 0.29) is 53.7 Å². The Morgan fingerprint density at radius 2 is 2.00 bits per heavy atom. The van der Waals surface area contributed by atoms with Crippen LogP contribution in [0.25, 0.3) is 0 Å². The van der Waals surface area contributed by atoms with Crippen LogP contribution in [0.1, 0.15) is 64.4 Å². The van der Waals surface area contributed by atoms with E-state index in [4.69, 9.17) is 39.1 Å². The summed E-state index contributed by atoms with van der Waals surface area (Å²) in [5.41, 5.74) is 8.71. The molecule has 1 aromatic rings. The Hall–Kier alpha value is -2.21. The second-order valence-corrected chi connectivity index (χ2v) is 14.5. The van der Waals surface area contributed by atoms with Gasteiger partial charge in [0.25, 0.3) is 0 Å². The molecule has 0 bridgehead atoms. The molecule has 4 saturated carbocycles. The molecule has 2 spiro atoms. The van der Waals surface area contributed by atoms with E-state index in [1.807, 2.05) is 0 Å². The largest absolute Gasteiger partial charge is 0.404 e. The standard InChI is InChI=1S/C34H42F2N2O6/c1-29-12-22(15-37)26(38-24-4-5-25(36)21(10-24)14-35)11-23(29)6-8-31-16-32(29,31)28(41-18-39-3)13-30(2)27(31)7-9-33(30)34(44-20-42-33)17-40-19-43-34/h4-5,10-11,15,27-28H,6-9,12-14,16-20,37H2,1-3H3/t27?,28-,29-,30-,31?,32?,33+,34-/m0/s1. The van der Waals surface area contributed by atoms with Gasteiger partial charge >= 0.3 is 0 Å². The van der Waals surface area contributed by atoms with Crippen molar-refractivity contribution >= 4 is 11.4 Å². The average Bonchev–Trinajstić information content (AvgIpc) is 3.25. The van der Waals surface area contributed by atoms with E-state index in [1.54, 1.807) is 19.4 Å². The van der Waals surface area contributed by atoms with Crippen LogP contribution in [0.5, 0.6) is 0 Å². The number of alkyl halides is 1. The number of fused-ring (bicyclic) bond motifs is 4. The molecule has 1 aromatic carbocycles. The van der Waals surface area contributed by atoms with Crippen molar-refractivity contribution in [1.82, 2.24) is 0 Å². The maximum Gasteiger partial charge on any atom is 0.226 e. The van der Waals surface area contributed by atoms with Crippen molar-refractivity contribution in [2.24, 2.45) is 38.3 Å². The van der Waals surface area contributed by atoms with Crippen molar-refractivity contribution in [2.75, 3.05) is 34.1 Å². The van der Waals surface area contributed by atoms with Crippen molar-refractivity contribution in [3.8, 4) is 0 Å². The molecule has 0 amide bonds. The molecule has 5 aliphatic carbocycles. The molecule has 8 atom stereocenters. The third-order valence-corrected chi connectivity index (χ3v) is 13.3. The zero-order valence-corrected chi connectivity index (χ0v) is 25.8. The highest BCUT2D eigenvalue weighted by atomic mass is 19.1. The number of aliphatic imine (C=N–C) groups is 1. The third kappa shape index (κ3) is 3.34. The van der Waals surface area contributed by atoms with Gasteiger partial charge in [-0.2, -0.15) is 0 Å². The Kier molecular flexibility index (Phi) is 6.41. The summed E-state index contributed by atoms with van der Waals surface area (Å²) in [4.78, 5) is 4.85. The van der Waals surface area contributed by atoms with Crippen LogP contribution in [-0.2, 0) is 35.1 Å². The smallest absolute Gasteiger partial charge is 0.226 e. The number of nitrogens with two attached hydrogens (primary N) is 1. The Morgan fingerprint density at radius 1 is 1.16 bits per heavy atom. The fraction of sp³-hybridized carbons (Fsp3) is 0.676. The first kappa shape index (κ1) is 29.2. The Morgan fingerprint density at radius 3 is 2.75 bits per heavy atom. The third-order valence-electron chi connectivity index (χ3n) is 13.3. The minimum atomic E-state index is -0.897. The first-order valence-corrected chi connectivity index (χ1v) is 15.8. The maximum absolute atomic E-state index is 14.0. The second kappa shape index (κ2) is 9.65. The fourth-order valence-corrected chi connectivity index (χ4v) is 11.5. The molecule has 2 saturated heterocycles. The number of hydrogen-bond donors (Lipinski definition) is 1. The Balaban J connectivity index is 1.21. The van der Waals surface area contributed by atoms with Gasteiger partial charge in [-0.3, -0.25) is 0 Å². The van der Waals surface area contributed by atoms with Crippen LogP contribution in [0.3, 0.4) is 0 Å². The predicted octanol–water partition coefficient (Wildman–Crippen LogP) is 5.97. The van der Waals surface area contributed by atoms with E-state index in [9.17, 15) is 8.78 Å². The van der Waals surface area contributed by atoms with Gasteiger partial charge in [0.1, 0.15) is 31.5 Å². The molecule has 2 heterocycles. The monoisotopic (exact) mass is 612 g/mol. The molecular formula is C34H42F2N2O6. The molecule has 44 heavy (non-hydrogen) atoms. The summed E-state index contributed by atoms with van der Waals surface area (Å²) in [6, 6.07) is 4.33. The molecule has 6 fully saturated rings. The number of halogens is 2. The normalized spacial score (nSPS) is 47.2. The molecule has 0 aromatic heterocycles. The fourth-order valence-electron chi connectivity index (χ4n) is 11.5. The lowest BCUT2D eigenvalue weighted by Crippen LogP contribution is -2.66. The topological polar surface area (TPSA) is 93.8 Å². The number of allylic oxidation sites excluding steroid dienone is 3. The zero-order valence-electron chi connectivity index (χ0n) is 25.8. The zero-order chi connectivity index (χ0) is 30.6. The van der Waals surface area contributed by atoms with Crippen LogP contribution < -0.4 is 5.73 Å². The quantitative estimate of drug-likeness (QED) is 0.410. The molecule has 2 aliphatic heterocycles. The lowest BCUT2D eigenvalue weighted by molar-refractivity contribution is -0.264. The lowest BCUT2D eigenvalue weighted by Gasteiger charge is -2.62. The minimum Gasteiger partial charge on any atom is -0.404 e. The number of methoxy groups -OCH3 is 1. The molecule has 8 nitrogen and oxygen atoms in total. The van der Waals surface area contributed by atoms with Crippen LogP contribution in [0.2, 0.25) is 0 Å². The van der Waals surface area contributed by atoms with E-state index in [1.165, 1.54) is 17.7 Å². The molecule has 7 aliphatic rings. The van der Waals surface area contributed by atoms with Crippen LogP contribution in [0.4, 0.5) is 14.5 Å². The first-order chi connectivity index (χ1) is 21.2. The highest BCUT2D eigenvalue weighted by Gasteiger charge is 2.89. The van der Waals surface area contributed by atoms with E-state index in [2.05, 4.69) is 19.9 Å². The van der Waals surface area contributed by atoms with Crippen molar-refractivity contribution in [2.45, 2.75) is 83.0 Å². The van der Waals surface area contributed by atoms with Gasteiger partial charge in [0, 0.05) is 28.9 Å². The highest BCUT2D eigenvalue weighted by Crippen LogP contribution is 2.91. The Bertz CT molecular complexity index is 1470. The van der Waals surface area contributed by atoms with E-state index in [0.717, 1.165) is 56.2 Å². The average molecular weight is 613 g/mol. The van der Waals surface area contributed by atoms with Gasteiger partial charge in [-0.05, 0) is 92.3 Å². The van der Waals surface area contributed by atoms with Gasteiger partial charge in [-0.15, -0.1) is 0 Å². The molecular weight excluding hydrogens is 570 g/mol. The SMILES string of the molecule is COCO[C@H]1C[C@@]2(C)C(CC[C@@]23OCO[C@@]32COCO2)C23CCC4=CC(=Nc5ccc(F)c(CF)c5)C(=CN)C[C@]4(C)C12C3.